The Bertz CT molecular complexity index is 818. The lowest BCUT2D eigenvalue weighted by atomic mass is 10.2. The SMILES string of the molecule is N#Cc1cccc(CSc2nccn2-c2ccc(Br)cc2)c1. The molecule has 0 atom stereocenters. The van der Waals surface area contributed by atoms with Gasteiger partial charge in [-0.3, -0.25) is 4.57 Å². The number of imidazole rings is 1. The van der Waals surface area contributed by atoms with E-state index < -0.39 is 0 Å². The Morgan fingerprint density at radius 2 is 2.00 bits per heavy atom. The predicted molar refractivity (Wildman–Crippen MR) is 92.0 cm³/mol. The monoisotopic (exact) mass is 369 g/mol. The van der Waals surface area contributed by atoms with E-state index in [9.17, 15) is 0 Å². The fourth-order valence-electron chi connectivity index (χ4n) is 2.07. The van der Waals surface area contributed by atoms with E-state index in [0.29, 0.717) is 5.56 Å². The van der Waals surface area contributed by atoms with Gasteiger partial charge in [0.25, 0.3) is 0 Å². The van der Waals surface area contributed by atoms with E-state index in [4.69, 9.17) is 5.26 Å². The molecule has 3 nitrogen and oxygen atoms in total. The molecule has 0 radical (unpaired) electrons. The summed E-state index contributed by atoms with van der Waals surface area (Å²) in [5, 5.41) is 9.89. The van der Waals surface area contributed by atoms with Crippen LogP contribution in [0.3, 0.4) is 0 Å². The van der Waals surface area contributed by atoms with Gasteiger partial charge < -0.3 is 0 Å². The van der Waals surface area contributed by atoms with Crippen molar-refractivity contribution in [3.63, 3.8) is 0 Å². The van der Waals surface area contributed by atoms with Gasteiger partial charge >= 0.3 is 0 Å². The van der Waals surface area contributed by atoms with Crippen molar-refractivity contribution in [1.29, 1.82) is 5.26 Å². The topological polar surface area (TPSA) is 41.6 Å². The molecule has 3 rings (SSSR count). The van der Waals surface area contributed by atoms with Crippen LogP contribution in [-0.4, -0.2) is 9.55 Å². The van der Waals surface area contributed by atoms with Crippen molar-refractivity contribution in [2.24, 2.45) is 0 Å². The van der Waals surface area contributed by atoms with Crippen LogP contribution < -0.4 is 0 Å². The lowest BCUT2D eigenvalue weighted by molar-refractivity contribution is 0.895. The molecule has 1 heterocycles. The molecule has 0 unspecified atom stereocenters. The summed E-state index contributed by atoms with van der Waals surface area (Å²) >= 11 is 5.10. The second kappa shape index (κ2) is 6.82. The zero-order valence-electron chi connectivity index (χ0n) is 11.6. The molecule has 0 aliphatic heterocycles. The zero-order valence-corrected chi connectivity index (χ0v) is 14.0. The Balaban J connectivity index is 1.78. The van der Waals surface area contributed by atoms with E-state index in [-0.39, 0.29) is 0 Å². The summed E-state index contributed by atoms with van der Waals surface area (Å²) in [4.78, 5) is 4.42. The molecular formula is C17H12BrN3S. The first kappa shape index (κ1) is 14.9. The van der Waals surface area contributed by atoms with Crippen LogP contribution in [0.25, 0.3) is 5.69 Å². The predicted octanol–water partition coefficient (Wildman–Crippen LogP) is 4.80. The van der Waals surface area contributed by atoms with Crippen molar-refractivity contribution < 1.29 is 0 Å². The van der Waals surface area contributed by atoms with Gasteiger partial charge in [-0.05, 0) is 42.0 Å². The quantitative estimate of drug-likeness (QED) is 0.620. The molecule has 5 heteroatoms. The highest BCUT2D eigenvalue weighted by Crippen LogP contribution is 2.25. The number of hydrogen-bond acceptors (Lipinski definition) is 3. The minimum absolute atomic E-state index is 0.689. The number of aromatic nitrogens is 2. The smallest absolute Gasteiger partial charge is 0.172 e. The summed E-state index contributed by atoms with van der Waals surface area (Å²) in [6.07, 6.45) is 3.76. The molecule has 0 saturated carbocycles. The molecular weight excluding hydrogens is 358 g/mol. The number of rotatable bonds is 4. The zero-order chi connectivity index (χ0) is 15.4. The van der Waals surface area contributed by atoms with Gasteiger partial charge in [-0.2, -0.15) is 5.26 Å². The largest absolute Gasteiger partial charge is 0.295 e. The van der Waals surface area contributed by atoms with E-state index in [1.807, 2.05) is 54.7 Å². The van der Waals surface area contributed by atoms with Gasteiger partial charge in [0.05, 0.1) is 11.6 Å². The Kier molecular flexibility index (Phi) is 4.62. The molecule has 0 aliphatic rings. The van der Waals surface area contributed by atoms with Crippen LogP contribution in [0.5, 0.6) is 0 Å². The van der Waals surface area contributed by atoms with E-state index in [1.165, 1.54) is 0 Å². The first-order valence-electron chi connectivity index (χ1n) is 6.67. The number of hydrogen-bond donors (Lipinski definition) is 0. The highest BCUT2D eigenvalue weighted by atomic mass is 79.9. The molecule has 0 spiro atoms. The van der Waals surface area contributed by atoms with Gasteiger partial charge in [-0.25, -0.2) is 4.98 Å². The highest BCUT2D eigenvalue weighted by Gasteiger charge is 2.06. The first-order chi connectivity index (χ1) is 10.8. The number of thioether (sulfide) groups is 1. The van der Waals surface area contributed by atoms with Gasteiger partial charge in [0.2, 0.25) is 0 Å². The number of benzene rings is 2. The maximum Gasteiger partial charge on any atom is 0.172 e. The van der Waals surface area contributed by atoms with Crippen LogP contribution in [0.2, 0.25) is 0 Å². The second-order valence-corrected chi connectivity index (χ2v) is 6.52. The van der Waals surface area contributed by atoms with Crippen LogP contribution in [0.15, 0.2) is 70.6 Å². The van der Waals surface area contributed by atoms with Crippen LogP contribution in [-0.2, 0) is 5.75 Å². The van der Waals surface area contributed by atoms with Crippen LogP contribution in [0.1, 0.15) is 11.1 Å². The summed E-state index contributed by atoms with van der Waals surface area (Å²) in [5.41, 5.74) is 2.89. The maximum absolute atomic E-state index is 8.95. The van der Waals surface area contributed by atoms with Crippen LogP contribution >= 0.6 is 27.7 Å². The normalized spacial score (nSPS) is 10.4. The highest BCUT2D eigenvalue weighted by molar-refractivity contribution is 9.10. The molecule has 0 bridgehead atoms. The average molecular weight is 370 g/mol. The Hall–Kier alpha value is -2.03. The van der Waals surface area contributed by atoms with Gasteiger partial charge in [0, 0.05) is 28.3 Å². The second-order valence-electron chi connectivity index (χ2n) is 4.66. The lowest BCUT2D eigenvalue weighted by Gasteiger charge is -2.08. The fourth-order valence-corrected chi connectivity index (χ4v) is 3.25. The van der Waals surface area contributed by atoms with Crippen molar-refractivity contribution in [3.05, 3.63) is 76.5 Å². The third-order valence-electron chi connectivity index (χ3n) is 3.14. The third-order valence-corrected chi connectivity index (χ3v) is 4.70. The average Bonchev–Trinajstić information content (AvgIpc) is 3.02. The Labute approximate surface area is 141 Å². The van der Waals surface area contributed by atoms with Gasteiger partial charge in [-0.1, -0.05) is 39.8 Å². The van der Waals surface area contributed by atoms with Crippen LogP contribution in [0.4, 0.5) is 0 Å². The van der Waals surface area contributed by atoms with Crippen molar-refractivity contribution in [3.8, 4) is 11.8 Å². The molecule has 0 aliphatic carbocycles. The molecule has 0 fully saturated rings. The van der Waals surface area contributed by atoms with Crippen LogP contribution in [0, 0.1) is 11.3 Å². The number of nitrogens with zero attached hydrogens (tertiary/aromatic N) is 3. The van der Waals surface area contributed by atoms with Gasteiger partial charge in [-0.15, -0.1) is 0 Å². The van der Waals surface area contributed by atoms with Crippen molar-refractivity contribution in [2.75, 3.05) is 0 Å². The molecule has 3 aromatic rings. The summed E-state index contributed by atoms with van der Waals surface area (Å²) in [6, 6.07) is 18.0. The molecule has 1 aromatic heterocycles. The number of nitriles is 1. The molecule has 0 amide bonds. The van der Waals surface area contributed by atoms with E-state index in [1.54, 1.807) is 18.0 Å². The molecule has 108 valence electrons. The van der Waals surface area contributed by atoms with Crippen molar-refractivity contribution >= 4 is 27.7 Å². The third kappa shape index (κ3) is 3.41. The summed E-state index contributed by atoms with van der Waals surface area (Å²) in [7, 11) is 0. The lowest BCUT2D eigenvalue weighted by Crippen LogP contribution is -1.95. The Morgan fingerprint density at radius 3 is 2.77 bits per heavy atom. The molecule has 0 saturated heterocycles. The standard InChI is InChI=1S/C17H12BrN3S/c18-15-4-6-16(7-5-15)21-9-8-20-17(21)22-12-14-3-1-2-13(10-14)11-19/h1-10H,12H2. The van der Waals surface area contributed by atoms with Gasteiger partial charge in [0.15, 0.2) is 5.16 Å². The molecule has 22 heavy (non-hydrogen) atoms. The Morgan fingerprint density at radius 1 is 1.18 bits per heavy atom. The molecule has 2 aromatic carbocycles. The first-order valence-corrected chi connectivity index (χ1v) is 8.45. The number of halogens is 1. The summed E-state index contributed by atoms with van der Waals surface area (Å²) in [5.74, 6) is 0.781. The van der Waals surface area contributed by atoms with E-state index >= 15 is 0 Å². The van der Waals surface area contributed by atoms with Gasteiger partial charge in [0.1, 0.15) is 0 Å². The fraction of sp³-hybridized carbons (Fsp3) is 0.0588. The summed E-state index contributed by atoms with van der Waals surface area (Å²) < 4.78 is 3.12. The van der Waals surface area contributed by atoms with E-state index in [0.717, 1.165) is 26.6 Å². The minimum Gasteiger partial charge on any atom is -0.295 e. The summed E-state index contributed by atoms with van der Waals surface area (Å²) in [6.45, 7) is 0. The van der Waals surface area contributed by atoms with E-state index in [2.05, 4.69) is 31.6 Å². The van der Waals surface area contributed by atoms with Crippen molar-refractivity contribution in [2.45, 2.75) is 10.9 Å². The van der Waals surface area contributed by atoms with Crippen molar-refractivity contribution in [1.82, 2.24) is 9.55 Å². The molecule has 0 N–H and O–H groups in total. The maximum atomic E-state index is 8.95. The minimum atomic E-state index is 0.689.